The highest BCUT2D eigenvalue weighted by Gasteiger charge is 2.36. The summed E-state index contributed by atoms with van der Waals surface area (Å²) in [6.07, 6.45) is 4.69. The van der Waals surface area contributed by atoms with E-state index in [0.29, 0.717) is 6.54 Å². The highest BCUT2D eigenvalue weighted by atomic mass is 32.2. The first-order valence-corrected chi connectivity index (χ1v) is 8.27. The fourth-order valence-electron chi connectivity index (χ4n) is 2.06. The van der Waals surface area contributed by atoms with Crippen LogP contribution < -0.4 is 5.32 Å². The summed E-state index contributed by atoms with van der Waals surface area (Å²) in [6.45, 7) is 2.50. The second kappa shape index (κ2) is 6.45. The van der Waals surface area contributed by atoms with Crippen molar-refractivity contribution in [2.75, 3.05) is 5.75 Å². The Morgan fingerprint density at radius 3 is 3.00 bits per heavy atom. The van der Waals surface area contributed by atoms with E-state index >= 15 is 0 Å². The largest absolute Gasteiger partial charge is 0.478 e. The fourth-order valence-corrected chi connectivity index (χ4v) is 4.08. The van der Waals surface area contributed by atoms with Crippen LogP contribution in [0.2, 0.25) is 0 Å². The lowest BCUT2D eigenvalue weighted by molar-refractivity contribution is -0.131. The Balaban J connectivity index is 1.88. The monoisotopic (exact) mass is 311 g/mol. The van der Waals surface area contributed by atoms with Crippen molar-refractivity contribution in [3.8, 4) is 0 Å². The Morgan fingerprint density at radius 1 is 1.55 bits per heavy atom. The van der Waals surface area contributed by atoms with Gasteiger partial charge in [0.15, 0.2) is 0 Å². The molecule has 0 saturated carbocycles. The van der Waals surface area contributed by atoms with Gasteiger partial charge in [0, 0.05) is 11.0 Å². The van der Waals surface area contributed by atoms with Gasteiger partial charge in [-0.3, -0.25) is 4.79 Å². The molecule has 0 bridgehead atoms. The van der Waals surface area contributed by atoms with Crippen LogP contribution >= 0.6 is 23.1 Å². The van der Waals surface area contributed by atoms with Crippen LogP contribution in [0.4, 0.5) is 0 Å². The molecule has 1 aliphatic rings. The zero-order chi connectivity index (χ0) is 14.6. The molecule has 2 rings (SSSR count). The molecule has 20 heavy (non-hydrogen) atoms. The maximum absolute atomic E-state index is 12.1. The number of hydrogen-bond donors (Lipinski definition) is 2. The lowest BCUT2D eigenvalue weighted by atomic mass is 10.1. The molecule has 0 spiro atoms. The molecule has 4 nitrogen and oxygen atoms in total. The summed E-state index contributed by atoms with van der Waals surface area (Å²) in [6, 6.07) is 1.90. The van der Waals surface area contributed by atoms with Crippen LogP contribution in [0, 0.1) is 0 Å². The molecule has 1 unspecified atom stereocenters. The molecule has 1 fully saturated rings. The summed E-state index contributed by atoms with van der Waals surface area (Å²) in [5.41, 5.74) is 0.850. The molecule has 1 aromatic heterocycles. The van der Waals surface area contributed by atoms with Crippen molar-refractivity contribution in [3.05, 3.63) is 28.0 Å². The van der Waals surface area contributed by atoms with Gasteiger partial charge in [0.25, 0.3) is 0 Å². The van der Waals surface area contributed by atoms with Crippen molar-refractivity contribution >= 4 is 41.1 Å². The quantitative estimate of drug-likeness (QED) is 0.821. The van der Waals surface area contributed by atoms with Crippen LogP contribution in [-0.2, 0) is 16.1 Å². The van der Waals surface area contributed by atoms with Gasteiger partial charge in [0.05, 0.1) is 11.3 Å². The second-order valence-corrected chi connectivity index (χ2v) is 7.48. The Kier molecular flexibility index (Phi) is 4.88. The molecule has 1 aromatic rings. The van der Waals surface area contributed by atoms with Crippen molar-refractivity contribution in [3.63, 3.8) is 0 Å². The number of nitrogens with one attached hydrogen (secondary N) is 1. The number of hydrogen-bond acceptors (Lipinski definition) is 4. The number of carbonyl (C=O) groups excluding carboxylic acids is 1. The first-order valence-electron chi connectivity index (χ1n) is 6.40. The highest BCUT2D eigenvalue weighted by molar-refractivity contribution is 8.01. The van der Waals surface area contributed by atoms with Crippen molar-refractivity contribution in [2.24, 2.45) is 0 Å². The number of thioether (sulfide) groups is 1. The van der Waals surface area contributed by atoms with Gasteiger partial charge in [-0.2, -0.15) is 0 Å². The van der Waals surface area contributed by atoms with Crippen LogP contribution in [0.3, 0.4) is 0 Å². The number of amides is 1. The molecule has 6 heteroatoms. The maximum atomic E-state index is 12.1. The van der Waals surface area contributed by atoms with Gasteiger partial charge >= 0.3 is 5.97 Å². The minimum Gasteiger partial charge on any atom is -0.478 e. The molecule has 1 saturated heterocycles. The van der Waals surface area contributed by atoms with Gasteiger partial charge in [0.2, 0.25) is 5.91 Å². The molecule has 1 atom stereocenters. The second-order valence-electron chi connectivity index (χ2n) is 4.88. The standard InChI is InChI=1S/C14H17NO3S2/c1-14(5-2-6-20-14)13(18)15-8-11-7-10(9-19-11)3-4-12(16)17/h3-4,7,9H,2,5-6,8H2,1H3,(H,15,18)(H,16,17)/b4-3+. The van der Waals surface area contributed by atoms with E-state index in [2.05, 4.69) is 5.32 Å². The molecular formula is C14H17NO3S2. The number of carboxylic acids is 1. The third kappa shape index (κ3) is 3.86. The third-order valence-corrected chi connectivity index (χ3v) is 5.69. The van der Waals surface area contributed by atoms with Crippen molar-refractivity contribution in [1.29, 1.82) is 0 Å². The van der Waals surface area contributed by atoms with Crippen LogP contribution in [-0.4, -0.2) is 27.5 Å². The summed E-state index contributed by atoms with van der Waals surface area (Å²) in [7, 11) is 0. The Labute approximate surface area is 126 Å². The lowest BCUT2D eigenvalue weighted by Crippen LogP contribution is -2.39. The van der Waals surface area contributed by atoms with E-state index in [-0.39, 0.29) is 10.7 Å². The molecule has 2 N–H and O–H groups in total. The van der Waals surface area contributed by atoms with Crippen molar-refractivity contribution in [1.82, 2.24) is 5.32 Å². The topological polar surface area (TPSA) is 66.4 Å². The first-order chi connectivity index (χ1) is 9.49. The van der Waals surface area contributed by atoms with E-state index in [0.717, 1.165) is 35.1 Å². The van der Waals surface area contributed by atoms with Crippen LogP contribution in [0.15, 0.2) is 17.5 Å². The Hall–Kier alpha value is -1.27. The number of carboxylic acid groups (broad SMARTS) is 1. The Bertz CT molecular complexity index is 530. The smallest absolute Gasteiger partial charge is 0.328 e. The van der Waals surface area contributed by atoms with E-state index < -0.39 is 5.97 Å². The zero-order valence-corrected chi connectivity index (χ0v) is 12.9. The highest BCUT2D eigenvalue weighted by Crippen LogP contribution is 2.37. The molecule has 108 valence electrons. The fraction of sp³-hybridized carbons (Fsp3) is 0.429. The Morgan fingerprint density at radius 2 is 2.35 bits per heavy atom. The number of aliphatic carboxylic acids is 1. The molecule has 1 aliphatic heterocycles. The molecule has 1 amide bonds. The van der Waals surface area contributed by atoms with Crippen LogP contribution in [0.1, 0.15) is 30.2 Å². The van der Waals surface area contributed by atoms with Gasteiger partial charge in [-0.1, -0.05) is 0 Å². The maximum Gasteiger partial charge on any atom is 0.328 e. The normalized spacial score (nSPS) is 22.2. The van der Waals surface area contributed by atoms with Gasteiger partial charge < -0.3 is 10.4 Å². The molecule has 0 radical (unpaired) electrons. The molecule has 0 aromatic carbocycles. The van der Waals surface area contributed by atoms with Crippen LogP contribution in [0.5, 0.6) is 0 Å². The average molecular weight is 311 g/mol. The SMILES string of the molecule is CC1(C(=O)NCc2cc(/C=C/C(=O)O)cs2)CCCS1. The molecular weight excluding hydrogens is 294 g/mol. The van der Waals surface area contributed by atoms with Crippen molar-refractivity contribution < 1.29 is 14.7 Å². The van der Waals surface area contributed by atoms with Gasteiger partial charge in [-0.05, 0) is 48.6 Å². The predicted octanol–water partition coefficient (Wildman–Crippen LogP) is 2.75. The summed E-state index contributed by atoms with van der Waals surface area (Å²) in [5.74, 6) is 0.181. The van der Waals surface area contributed by atoms with E-state index in [1.807, 2.05) is 18.4 Å². The predicted molar refractivity (Wildman–Crippen MR) is 82.9 cm³/mol. The van der Waals surface area contributed by atoms with Gasteiger partial charge in [0.1, 0.15) is 0 Å². The summed E-state index contributed by atoms with van der Waals surface area (Å²) in [5, 5.41) is 13.4. The minimum absolute atomic E-state index is 0.0935. The van der Waals surface area contributed by atoms with E-state index in [4.69, 9.17) is 5.11 Å². The zero-order valence-electron chi connectivity index (χ0n) is 11.2. The first kappa shape index (κ1) is 15.1. The molecule has 0 aliphatic carbocycles. The summed E-state index contributed by atoms with van der Waals surface area (Å²) < 4.78 is -0.288. The number of carbonyl (C=O) groups is 2. The average Bonchev–Trinajstić information content (AvgIpc) is 3.03. The summed E-state index contributed by atoms with van der Waals surface area (Å²) >= 11 is 3.24. The minimum atomic E-state index is -0.961. The molecule has 2 heterocycles. The van der Waals surface area contributed by atoms with Gasteiger partial charge in [-0.15, -0.1) is 23.1 Å². The van der Waals surface area contributed by atoms with Gasteiger partial charge in [-0.25, -0.2) is 4.79 Å². The lowest BCUT2D eigenvalue weighted by Gasteiger charge is -2.21. The van der Waals surface area contributed by atoms with Crippen molar-refractivity contribution in [2.45, 2.75) is 31.1 Å². The van der Waals surface area contributed by atoms with E-state index in [9.17, 15) is 9.59 Å². The third-order valence-electron chi connectivity index (χ3n) is 3.21. The number of thiophene rings is 1. The number of rotatable bonds is 5. The van der Waals surface area contributed by atoms with Crippen LogP contribution in [0.25, 0.3) is 6.08 Å². The van der Waals surface area contributed by atoms with E-state index in [1.165, 1.54) is 11.3 Å². The van der Waals surface area contributed by atoms with E-state index in [1.54, 1.807) is 17.8 Å². The summed E-state index contributed by atoms with van der Waals surface area (Å²) in [4.78, 5) is 23.6.